The number of aliphatic hydroxyl groups excluding tert-OH is 1. The average Bonchev–Trinajstić information content (AvgIpc) is 3.22. The maximum absolute atomic E-state index is 12.7. The smallest absolute Gasteiger partial charge is 0.417 e. The van der Waals surface area contributed by atoms with Gasteiger partial charge in [-0.1, -0.05) is 12.1 Å². The van der Waals surface area contributed by atoms with Crippen LogP contribution in [0.2, 0.25) is 0 Å². The largest absolute Gasteiger partial charge is 0.472 e. The van der Waals surface area contributed by atoms with Gasteiger partial charge in [-0.25, -0.2) is 4.98 Å². The number of pyridine rings is 1. The highest BCUT2D eigenvalue weighted by atomic mass is 19.4. The fourth-order valence-electron chi connectivity index (χ4n) is 4.16. The quantitative estimate of drug-likeness (QED) is 0.785. The third-order valence-corrected chi connectivity index (χ3v) is 5.80. The molecule has 1 N–H and O–H groups in total. The Morgan fingerprint density at radius 2 is 1.93 bits per heavy atom. The maximum Gasteiger partial charge on any atom is 0.417 e. The Morgan fingerprint density at radius 3 is 2.60 bits per heavy atom. The number of nitrogens with zero attached hydrogens (tertiary/aromatic N) is 2. The molecule has 2 aliphatic heterocycles. The lowest BCUT2D eigenvalue weighted by molar-refractivity contribution is -0.137. The molecule has 30 heavy (non-hydrogen) atoms. The summed E-state index contributed by atoms with van der Waals surface area (Å²) in [7, 11) is 0. The molecule has 1 unspecified atom stereocenters. The van der Waals surface area contributed by atoms with Gasteiger partial charge in [0.15, 0.2) is 0 Å². The lowest BCUT2D eigenvalue weighted by Crippen LogP contribution is -2.26. The molecule has 1 aromatic heterocycles. The molecule has 0 bridgehead atoms. The highest BCUT2D eigenvalue weighted by molar-refractivity contribution is 5.56. The molecule has 2 aromatic rings. The Bertz CT molecular complexity index is 852. The summed E-state index contributed by atoms with van der Waals surface area (Å²) in [4.78, 5) is 5.94. The van der Waals surface area contributed by atoms with E-state index in [0.29, 0.717) is 12.5 Å². The van der Waals surface area contributed by atoms with Crippen LogP contribution in [0.1, 0.15) is 41.9 Å². The van der Waals surface area contributed by atoms with E-state index in [2.05, 4.69) is 28.1 Å². The minimum Gasteiger partial charge on any atom is -0.472 e. The van der Waals surface area contributed by atoms with Crippen molar-refractivity contribution in [2.75, 3.05) is 31.2 Å². The number of aromatic nitrogens is 1. The first kappa shape index (κ1) is 20.9. The Morgan fingerprint density at radius 1 is 1.13 bits per heavy atom. The van der Waals surface area contributed by atoms with Crippen molar-refractivity contribution in [2.24, 2.45) is 0 Å². The molecule has 3 heterocycles. The SMILES string of the molecule is OCc1cc(C2CCOCC2)ccc1N1CCC(Oc2ccc(C(F)(F)F)cn2)C1. The number of alkyl halides is 3. The molecule has 5 nitrogen and oxygen atoms in total. The standard InChI is InChI=1S/C22H25F3N2O3/c23-22(24,25)18-2-4-21(26-12-18)30-19-5-8-27(13-19)20-3-1-16(11-17(20)14-28)15-6-9-29-10-7-15/h1-4,11-12,15,19,28H,5-10,13-14H2. The second kappa shape index (κ2) is 8.81. The molecule has 1 aromatic carbocycles. The van der Waals surface area contributed by atoms with E-state index < -0.39 is 11.7 Å². The lowest BCUT2D eigenvalue weighted by atomic mass is 9.90. The topological polar surface area (TPSA) is 54.8 Å². The van der Waals surface area contributed by atoms with Crippen molar-refractivity contribution in [3.8, 4) is 5.88 Å². The first-order chi connectivity index (χ1) is 14.4. The fourth-order valence-corrected chi connectivity index (χ4v) is 4.16. The number of ether oxygens (including phenoxy) is 2. The Kier molecular flexibility index (Phi) is 6.15. The first-order valence-electron chi connectivity index (χ1n) is 10.2. The Labute approximate surface area is 173 Å². The number of hydrogen-bond acceptors (Lipinski definition) is 5. The Hall–Kier alpha value is -2.32. The minimum absolute atomic E-state index is 0.0467. The van der Waals surface area contributed by atoms with Gasteiger partial charge in [0.05, 0.1) is 18.7 Å². The number of benzene rings is 1. The third kappa shape index (κ3) is 4.70. The highest BCUT2D eigenvalue weighted by Crippen LogP contribution is 2.33. The monoisotopic (exact) mass is 422 g/mol. The molecular formula is C22H25F3N2O3. The normalized spacial score (nSPS) is 20.5. The van der Waals surface area contributed by atoms with Crippen molar-refractivity contribution in [3.63, 3.8) is 0 Å². The summed E-state index contributed by atoms with van der Waals surface area (Å²) in [5.41, 5.74) is 2.29. The summed E-state index contributed by atoms with van der Waals surface area (Å²) in [5.74, 6) is 0.644. The molecule has 4 rings (SSSR count). The van der Waals surface area contributed by atoms with Crippen molar-refractivity contribution in [3.05, 3.63) is 53.2 Å². The summed E-state index contributed by atoms with van der Waals surface area (Å²) in [6.07, 6.45) is -1.08. The van der Waals surface area contributed by atoms with E-state index in [0.717, 1.165) is 62.5 Å². The molecule has 162 valence electrons. The summed E-state index contributed by atoms with van der Waals surface area (Å²) in [5, 5.41) is 9.91. The van der Waals surface area contributed by atoms with Crippen LogP contribution in [0, 0.1) is 0 Å². The van der Waals surface area contributed by atoms with E-state index in [1.165, 1.54) is 11.6 Å². The molecule has 0 radical (unpaired) electrons. The van der Waals surface area contributed by atoms with Gasteiger partial charge in [0.2, 0.25) is 5.88 Å². The zero-order valence-corrected chi connectivity index (χ0v) is 16.6. The van der Waals surface area contributed by atoms with Gasteiger partial charge in [-0.3, -0.25) is 0 Å². The molecule has 0 saturated carbocycles. The van der Waals surface area contributed by atoms with E-state index >= 15 is 0 Å². The Balaban J connectivity index is 1.41. The summed E-state index contributed by atoms with van der Waals surface area (Å²) in [6.45, 7) is 2.82. The number of aliphatic hydroxyl groups is 1. The number of anilines is 1. The van der Waals surface area contributed by atoms with Crippen LogP contribution in [0.25, 0.3) is 0 Å². The van der Waals surface area contributed by atoms with Gasteiger partial charge in [0.1, 0.15) is 6.10 Å². The van der Waals surface area contributed by atoms with Crippen LogP contribution < -0.4 is 9.64 Å². The van der Waals surface area contributed by atoms with Crippen LogP contribution in [0.5, 0.6) is 5.88 Å². The number of hydrogen-bond donors (Lipinski definition) is 1. The molecule has 2 aliphatic rings. The lowest BCUT2D eigenvalue weighted by Gasteiger charge is -2.26. The van der Waals surface area contributed by atoms with Crippen LogP contribution >= 0.6 is 0 Å². The van der Waals surface area contributed by atoms with Gasteiger partial charge >= 0.3 is 6.18 Å². The predicted molar refractivity (Wildman–Crippen MR) is 106 cm³/mol. The van der Waals surface area contributed by atoms with E-state index in [-0.39, 0.29) is 18.6 Å². The molecule has 0 amide bonds. The summed E-state index contributed by atoms with van der Waals surface area (Å²) < 4.78 is 49.2. The molecule has 2 fully saturated rings. The first-order valence-corrected chi connectivity index (χ1v) is 10.2. The summed E-state index contributed by atoms with van der Waals surface area (Å²) in [6, 6.07) is 8.49. The highest BCUT2D eigenvalue weighted by Gasteiger charge is 2.31. The number of halogens is 3. The van der Waals surface area contributed by atoms with E-state index in [1.807, 2.05) is 0 Å². The second-order valence-electron chi connectivity index (χ2n) is 7.79. The van der Waals surface area contributed by atoms with Gasteiger partial charge in [-0.05, 0) is 36.5 Å². The van der Waals surface area contributed by atoms with E-state index in [9.17, 15) is 18.3 Å². The van der Waals surface area contributed by atoms with Crippen LogP contribution in [-0.4, -0.2) is 42.5 Å². The maximum atomic E-state index is 12.7. The second-order valence-corrected chi connectivity index (χ2v) is 7.79. The molecular weight excluding hydrogens is 397 g/mol. The van der Waals surface area contributed by atoms with E-state index in [4.69, 9.17) is 9.47 Å². The van der Waals surface area contributed by atoms with Crippen molar-refractivity contribution in [1.82, 2.24) is 4.98 Å². The zero-order valence-electron chi connectivity index (χ0n) is 16.6. The van der Waals surface area contributed by atoms with Gasteiger partial charge in [-0.2, -0.15) is 13.2 Å². The molecule has 0 spiro atoms. The third-order valence-electron chi connectivity index (χ3n) is 5.80. The van der Waals surface area contributed by atoms with Crippen molar-refractivity contribution in [1.29, 1.82) is 0 Å². The predicted octanol–water partition coefficient (Wildman–Crippen LogP) is 4.14. The van der Waals surface area contributed by atoms with Gasteiger partial charge in [0, 0.05) is 49.7 Å². The van der Waals surface area contributed by atoms with Crippen LogP contribution in [0.15, 0.2) is 36.5 Å². The van der Waals surface area contributed by atoms with Gasteiger partial charge in [0.25, 0.3) is 0 Å². The van der Waals surface area contributed by atoms with E-state index in [1.54, 1.807) is 0 Å². The van der Waals surface area contributed by atoms with Crippen LogP contribution in [-0.2, 0) is 17.5 Å². The molecule has 2 saturated heterocycles. The summed E-state index contributed by atoms with van der Waals surface area (Å²) >= 11 is 0. The molecule has 0 aliphatic carbocycles. The van der Waals surface area contributed by atoms with Crippen molar-refractivity contribution in [2.45, 2.75) is 44.1 Å². The van der Waals surface area contributed by atoms with Crippen molar-refractivity contribution < 1.29 is 27.8 Å². The van der Waals surface area contributed by atoms with Crippen LogP contribution in [0.3, 0.4) is 0 Å². The van der Waals surface area contributed by atoms with Crippen molar-refractivity contribution >= 4 is 5.69 Å². The minimum atomic E-state index is -4.41. The molecule has 1 atom stereocenters. The van der Waals surface area contributed by atoms with Gasteiger partial charge < -0.3 is 19.5 Å². The van der Waals surface area contributed by atoms with Gasteiger partial charge in [-0.15, -0.1) is 0 Å². The zero-order chi connectivity index (χ0) is 21.1. The fraction of sp³-hybridized carbons (Fsp3) is 0.500. The molecule has 8 heteroatoms. The van der Waals surface area contributed by atoms with Crippen LogP contribution in [0.4, 0.5) is 18.9 Å². The number of rotatable bonds is 5. The average molecular weight is 422 g/mol.